The van der Waals surface area contributed by atoms with Crippen LogP contribution in [-0.4, -0.2) is 5.11 Å². The number of rotatable bonds is 1. The predicted octanol–water partition coefficient (Wildman–Crippen LogP) is 7.03. The maximum atomic E-state index is 14.5. The second-order valence-electron chi connectivity index (χ2n) is 6.58. The van der Waals surface area contributed by atoms with Crippen molar-refractivity contribution in [1.29, 1.82) is 0 Å². The third-order valence-corrected chi connectivity index (χ3v) is 4.88. The minimum absolute atomic E-state index is 0.220. The van der Waals surface area contributed by atoms with Crippen LogP contribution < -0.4 is 0 Å². The maximum Gasteiger partial charge on any atom is 0.201 e. The lowest BCUT2D eigenvalue weighted by Gasteiger charge is -2.17. The fourth-order valence-corrected chi connectivity index (χ4v) is 3.45. The number of aromatic hydroxyl groups is 1. The fourth-order valence-electron chi connectivity index (χ4n) is 3.45. The lowest BCUT2D eigenvalue weighted by molar-refractivity contribution is 0.401. The van der Waals surface area contributed by atoms with E-state index in [0.717, 1.165) is 0 Å². The second-order valence-corrected chi connectivity index (χ2v) is 6.58. The van der Waals surface area contributed by atoms with Gasteiger partial charge in [-0.3, -0.25) is 0 Å². The highest BCUT2D eigenvalue weighted by molar-refractivity contribution is 6.08. The molecule has 1 nitrogen and oxygen atoms in total. The molecule has 0 spiro atoms. The van der Waals surface area contributed by atoms with Crippen LogP contribution in [0.15, 0.2) is 6.07 Å². The summed E-state index contributed by atoms with van der Waals surface area (Å²) in [4.78, 5) is 0. The van der Waals surface area contributed by atoms with Crippen molar-refractivity contribution in [3.63, 3.8) is 0 Å². The molecule has 0 heterocycles. The average molecular weight is 486 g/mol. The maximum absolute atomic E-state index is 14.5. The van der Waals surface area contributed by atoms with E-state index < -0.39 is 108 Å². The topological polar surface area (TPSA) is 20.2 Å². The molecule has 0 aliphatic heterocycles. The van der Waals surface area contributed by atoms with Crippen LogP contribution in [0.3, 0.4) is 0 Å². The Kier molecular flexibility index (Phi) is 4.91. The molecule has 0 saturated carbocycles. The lowest BCUT2D eigenvalue weighted by atomic mass is 9.91. The molecule has 4 rings (SSSR count). The first-order valence-electron chi connectivity index (χ1n) is 8.32. The van der Waals surface area contributed by atoms with Crippen LogP contribution in [0.5, 0.6) is 5.75 Å². The average Bonchev–Trinajstić information content (AvgIpc) is 2.78. The molecule has 0 fully saturated rings. The molecule has 0 radical (unpaired) electrons. The van der Waals surface area contributed by atoms with Gasteiger partial charge < -0.3 is 5.11 Å². The van der Waals surface area contributed by atoms with E-state index in [1.165, 1.54) is 0 Å². The van der Waals surface area contributed by atoms with Gasteiger partial charge in [0.05, 0.1) is 10.8 Å². The van der Waals surface area contributed by atoms with E-state index in [1.807, 2.05) is 0 Å². The molecular weight excluding hydrogens is 484 g/mol. The summed E-state index contributed by atoms with van der Waals surface area (Å²) in [5.41, 5.74) is -3.32. The molecule has 0 unspecified atom stereocenters. The van der Waals surface area contributed by atoms with Crippen LogP contribution in [-0.2, 0) is 0 Å². The molecule has 172 valence electrons. The molecule has 0 aliphatic carbocycles. The highest BCUT2D eigenvalue weighted by Crippen LogP contribution is 2.47. The summed E-state index contributed by atoms with van der Waals surface area (Å²) in [6.45, 7) is 0. The van der Waals surface area contributed by atoms with Crippen molar-refractivity contribution in [3.8, 4) is 16.9 Å². The van der Waals surface area contributed by atoms with E-state index in [9.17, 15) is 57.8 Å². The van der Waals surface area contributed by atoms with Crippen LogP contribution in [0.1, 0.15) is 0 Å². The molecular formula is C20H2F12O. The van der Waals surface area contributed by atoms with Gasteiger partial charge in [0, 0.05) is 21.9 Å². The smallest absolute Gasteiger partial charge is 0.201 e. The third-order valence-electron chi connectivity index (χ3n) is 4.88. The van der Waals surface area contributed by atoms with Gasteiger partial charge in [-0.15, -0.1) is 0 Å². The Morgan fingerprint density at radius 2 is 0.758 bits per heavy atom. The highest BCUT2D eigenvalue weighted by atomic mass is 19.2. The number of phenolic OH excluding ortho intramolecular Hbond substituents is 1. The molecule has 0 atom stereocenters. The summed E-state index contributed by atoms with van der Waals surface area (Å²) in [6.07, 6.45) is 0. The van der Waals surface area contributed by atoms with Gasteiger partial charge in [0.1, 0.15) is 0 Å². The largest absolute Gasteiger partial charge is 0.504 e. The monoisotopic (exact) mass is 486 g/mol. The Morgan fingerprint density at radius 3 is 1.24 bits per heavy atom. The van der Waals surface area contributed by atoms with E-state index in [2.05, 4.69) is 0 Å². The Hall–Kier alpha value is -3.64. The van der Waals surface area contributed by atoms with Crippen molar-refractivity contribution < 1.29 is 57.8 Å². The number of phenols is 1. The second kappa shape index (κ2) is 7.18. The normalized spacial score (nSPS) is 11.8. The SMILES string of the molecule is Oc1c(F)c(F)c2c(F)c(F)c(F)c(F)c2c1-c1cc(F)c(F)c2c(F)c(F)c(F)c(F)c12. The van der Waals surface area contributed by atoms with Gasteiger partial charge in [0.25, 0.3) is 0 Å². The molecule has 0 bridgehead atoms. The van der Waals surface area contributed by atoms with Crippen molar-refractivity contribution in [1.82, 2.24) is 0 Å². The molecule has 0 amide bonds. The molecule has 0 aliphatic rings. The zero-order valence-corrected chi connectivity index (χ0v) is 15.1. The number of halogens is 12. The van der Waals surface area contributed by atoms with Crippen molar-refractivity contribution in [2.45, 2.75) is 0 Å². The van der Waals surface area contributed by atoms with Crippen molar-refractivity contribution in [2.24, 2.45) is 0 Å². The number of benzene rings is 4. The van der Waals surface area contributed by atoms with Gasteiger partial charge in [-0.25, -0.2) is 48.3 Å². The molecule has 0 aromatic heterocycles. The van der Waals surface area contributed by atoms with Crippen LogP contribution in [0, 0.1) is 69.8 Å². The Bertz CT molecular complexity index is 1540. The van der Waals surface area contributed by atoms with Crippen molar-refractivity contribution >= 4 is 21.5 Å². The van der Waals surface area contributed by atoms with Gasteiger partial charge in [-0.05, 0) is 6.07 Å². The number of hydrogen-bond acceptors (Lipinski definition) is 1. The van der Waals surface area contributed by atoms with Gasteiger partial charge in [-0.1, -0.05) is 0 Å². The van der Waals surface area contributed by atoms with Crippen LogP contribution in [0.4, 0.5) is 52.7 Å². The predicted molar refractivity (Wildman–Crippen MR) is 88.1 cm³/mol. The molecule has 13 heteroatoms. The van der Waals surface area contributed by atoms with Gasteiger partial charge in [-0.2, -0.15) is 4.39 Å². The van der Waals surface area contributed by atoms with Crippen molar-refractivity contribution in [3.05, 3.63) is 75.9 Å². The Morgan fingerprint density at radius 1 is 0.394 bits per heavy atom. The van der Waals surface area contributed by atoms with Crippen LogP contribution in [0.25, 0.3) is 32.7 Å². The van der Waals surface area contributed by atoms with Gasteiger partial charge >= 0.3 is 0 Å². The highest BCUT2D eigenvalue weighted by Gasteiger charge is 2.34. The number of hydrogen-bond donors (Lipinski definition) is 1. The third kappa shape index (κ3) is 2.77. The fraction of sp³-hybridized carbons (Fsp3) is 0. The first-order chi connectivity index (χ1) is 15.3. The van der Waals surface area contributed by atoms with E-state index in [0.29, 0.717) is 0 Å². The van der Waals surface area contributed by atoms with Gasteiger partial charge in [0.2, 0.25) is 5.82 Å². The summed E-state index contributed by atoms with van der Waals surface area (Å²) in [5.74, 6) is -32.2. The number of fused-ring (bicyclic) bond motifs is 2. The Labute approximate surface area is 173 Å². The van der Waals surface area contributed by atoms with Gasteiger partial charge in [0.15, 0.2) is 69.7 Å². The minimum atomic E-state index is -2.65. The standard InChI is InChI=1S/C20H2F12O/c21-3-1-2(4-7(9(3)22)12(25)17(30)15(28)10(4)23)5-6-8(14(27)19(32)20(5)33)13(26)18(31)16(29)11(6)24/h1,33H. The Balaban J connectivity index is 2.42. The minimum Gasteiger partial charge on any atom is -0.504 e. The molecule has 0 saturated heterocycles. The quantitative estimate of drug-likeness (QED) is 0.174. The van der Waals surface area contributed by atoms with E-state index in [-0.39, 0.29) is 6.07 Å². The molecule has 33 heavy (non-hydrogen) atoms. The molecule has 1 N–H and O–H groups in total. The van der Waals surface area contributed by atoms with E-state index >= 15 is 0 Å². The van der Waals surface area contributed by atoms with Crippen LogP contribution >= 0.6 is 0 Å². The summed E-state index contributed by atoms with van der Waals surface area (Å²) in [7, 11) is 0. The lowest BCUT2D eigenvalue weighted by Crippen LogP contribution is -2.06. The zero-order valence-electron chi connectivity index (χ0n) is 15.1. The summed E-state index contributed by atoms with van der Waals surface area (Å²) < 4.78 is 169. The summed E-state index contributed by atoms with van der Waals surface area (Å²) >= 11 is 0. The first kappa shape index (κ1) is 22.6. The first-order valence-corrected chi connectivity index (χ1v) is 8.32. The summed E-state index contributed by atoms with van der Waals surface area (Å²) in [6, 6.07) is -0.220. The zero-order chi connectivity index (χ0) is 24.7. The molecule has 4 aromatic rings. The van der Waals surface area contributed by atoms with E-state index in [4.69, 9.17) is 0 Å². The van der Waals surface area contributed by atoms with Crippen LogP contribution in [0.2, 0.25) is 0 Å². The van der Waals surface area contributed by atoms with Crippen molar-refractivity contribution in [2.75, 3.05) is 0 Å². The van der Waals surface area contributed by atoms with E-state index in [1.54, 1.807) is 0 Å². The molecule has 4 aromatic carbocycles. The summed E-state index contributed by atoms with van der Waals surface area (Å²) in [5, 5.41) is 2.39.